The van der Waals surface area contributed by atoms with Gasteiger partial charge in [-0.1, -0.05) is 6.92 Å². The maximum Gasteiger partial charge on any atom is 0.352 e. The van der Waals surface area contributed by atoms with Gasteiger partial charge >= 0.3 is 11.9 Å². The summed E-state index contributed by atoms with van der Waals surface area (Å²) in [4.78, 5) is 35.4. The van der Waals surface area contributed by atoms with Crippen LogP contribution in [-0.2, 0) is 11.2 Å². The minimum atomic E-state index is -1.21. The van der Waals surface area contributed by atoms with E-state index in [9.17, 15) is 14.4 Å². The minimum absolute atomic E-state index is 0.00241. The van der Waals surface area contributed by atoms with E-state index in [1.54, 1.807) is 6.92 Å². The quantitative estimate of drug-likeness (QED) is 0.585. The number of aromatic nitrogens is 1. The normalized spacial score (nSPS) is 9.88. The average Bonchev–Trinajstić information content (AvgIpc) is 2.66. The molecule has 0 unspecified atom stereocenters. The van der Waals surface area contributed by atoms with Crippen LogP contribution in [0.2, 0.25) is 0 Å². The average molecular weight is 225 g/mol. The number of nitrogens with one attached hydrogen (secondary N) is 1. The number of hydrogen-bond acceptors (Lipinski definition) is 4. The molecule has 0 amide bonds. The number of carboxylic acids is 1. The Morgan fingerprint density at radius 3 is 2.50 bits per heavy atom. The van der Waals surface area contributed by atoms with Crippen LogP contribution in [0.5, 0.6) is 0 Å². The van der Waals surface area contributed by atoms with Gasteiger partial charge in [-0.3, -0.25) is 4.79 Å². The predicted molar refractivity (Wildman–Crippen MR) is 53.9 cm³/mol. The first-order chi connectivity index (χ1) is 7.56. The van der Waals surface area contributed by atoms with Gasteiger partial charge in [-0.2, -0.15) is 0 Å². The summed E-state index contributed by atoms with van der Waals surface area (Å²) in [5.74, 6) is -1.93. The fourth-order valence-electron chi connectivity index (χ4n) is 1.52. The van der Waals surface area contributed by atoms with Gasteiger partial charge in [0.05, 0.1) is 18.4 Å². The summed E-state index contributed by atoms with van der Waals surface area (Å²) in [5.41, 5.74) is 0.0601. The van der Waals surface area contributed by atoms with Crippen LogP contribution < -0.4 is 0 Å². The third-order valence-electron chi connectivity index (χ3n) is 2.21. The summed E-state index contributed by atoms with van der Waals surface area (Å²) >= 11 is 0. The summed E-state index contributed by atoms with van der Waals surface area (Å²) < 4.78 is 4.50. The molecule has 0 radical (unpaired) electrons. The summed E-state index contributed by atoms with van der Waals surface area (Å²) in [6, 6.07) is 0. The SMILES string of the molecule is CCc1c(C(=O)O)[nH]c(C=O)c1C(=O)OC. The van der Waals surface area contributed by atoms with Crippen molar-refractivity contribution in [2.75, 3.05) is 7.11 Å². The molecule has 1 heterocycles. The Balaban J connectivity index is 3.49. The Bertz CT molecular complexity index is 446. The Morgan fingerprint density at radius 2 is 2.12 bits per heavy atom. The molecule has 0 fully saturated rings. The van der Waals surface area contributed by atoms with E-state index < -0.39 is 11.9 Å². The molecular weight excluding hydrogens is 214 g/mol. The number of methoxy groups -OCH3 is 1. The van der Waals surface area contributed by atoms with Crippen molar-refractivity contribution in [3.8, 4) is 0 Å². The number of rotatable bonds is 4. The van der Waals surface area contributed by atoms with Gasteiger partial charge in [0.2, 0.25) is 0 Å². The molecule has 0 spiro atoms. The molecule has 0 aliphatic carbocycles. The fourth-order valence-corrected chi connectivity index (χ4v) is 1.52. The Labute approximate surface area is 91.2 Å². The molecule has 86 valence electrons. The number of carbonyl (C=O) groups excluding carboxylic acids is 2. The van der Waals surface area contributed by atoms with Gasteiger partial charge in [0.15, 0.2) is 6.29 Å². The van der Waals surface area contributed by atoms with Crippen molar-refractivity contribution < 1.29 is 24.2 Å². The zero-order chi connectivity index (χ0) is 12.3. The van der Waals surface area contributed by atoms with E-state index in [-0.39, 0.29) is 22.5 Å². The molecule has 2 N–H and O–H groups in total. The maximum atomic E-state index is 11.4. The molecule has 1 rings (SSSR count). The van der Waals surface area contributed by atoms with Crippen LogP contribution in [0.3, 0.4) is 0 Å². The first-order valence-corrected chi connectivity index (χ1v) is 4.58. The van der Waals surface area contributed by atoms with Crippen molar-refractivity contribution in [1.82, 2.24) is 4.98 Å². The van der Waals surface area contributed by atoms with E-state index in [0.29, 0.717) is 12.7 Å². The molecule has 1 aromatic rings. The molecule has 6 heteroatoms. The first-order valence-electron chi connectivity index (χ1n) is 4.58. The van der Waals surface area contributed by atoms with E-state index in [4.69, 9.17) is 5.11 Å². The number of aldehydes is 1. The molecule has 0 aliphatic heterocycles. The van der Waals surface area contributed by atoms with E-state index in [1.165, 1.54) is 7.11 Å². The smallest absolute Gasteiger partial charge is 0.352 e. The number of hydrogen-bond donors (Lipinski definition) is 2. The number of carboxylic acid groups (broad SMARTS) is 1. The number of aromatic amines is 1. The van der Waals surface area contributed by atoms with Gasteiger partial charge in [-0.05, 0) is 12.0 Å². The Morgan fingerprint density at radius 1 is 1.50 bits per heavy atom. The van der Waals surface area contributed by atoms with Crippen molar-refractivity contribution in [3.63, 3.8) is 0 Å². The molecule has 1 aromatic heterocycles. The minimum Gasteiger partial charge on any atom is -0.477 e. The van der Waals surface area contributed by atoms with Gasteiger partial charge in [0, 0.05) is 0 Å². The lowest BCUT2D eigenvalue weighted by molar-refractivity contribution is 0.0597. The summed E-state index contributed by atoms with van der Waals surface area (Å²) in [7, 11) is 1.17. The second-order valence-corrected chi connectivity index (χ2v) is 3.04. The Kier molecular flexibility index (Phi) is 3.44. The topological polar surface area (TPSA) is 96.5 Å². The molecular formula is C10H11NO5. The highest BCUT2D eigenvalue weighted by Crippen LogP contribution is 2.20. The highest BCUT2D eigenvalue weighted by Gasteiger charge is 2.25. The molecule has 0 saturated heterocycles. The van der Waals surface area contributed by atoms with E-state index in [1.807, 2.05) is 0 Å². The fraction of sp³-hybridized carbons (Fsp3) is 0.300. The summed E-state index contributed by atoms with van der Waals surface area (Å²) in [6.07, 6.45) is 0.717. The Hall–Kier alpha value is -2.11. The van der Waals surface area contributed by atoms with E-state index >= 15 is 0 Å². The largest absolute Gasteiger partial charge is 0.477 e. The number of ether oxygens (including phenoxy) is 1. The highest BCUT2D eigenvalue weighted by atomic mass is 16.5. The number of esters is 1. The molecule has 6 nitrogen and oxygen atoms in total. The van der Waals surface area contributed by atoms with Crippen molar-refractivity contribution in [2.45, 2.75) is 13.3 Å². The van der Waals surface area contributed by atoms with Crippen LogP contribution in [-0.4, -0.2) is 35.4 Å². The monoisotopic (exact) mass is 225 g/mol. The first kappa shape index (κ1) is 12.0. The van der Waals surface area contributed by atoms with Crippen LogP contribution in [0, 0.1) is 0 Å². The number of H-pyrrole nitrogens is 1. The van der Waals surface area contributed by atoms with Crippen LogP contribution in [0.4, 0.5) is 0 Å². The molecule has 0 bridgehead atoms. The molecule has 0 aromatic carbocycles. The van der Waals surface area contributed by atoms with Crippen LogP contribution in [0.15, 0.2) is 0 Å². The molecule has 16 heavy (non-hydrogen) atoms. The lowest BCUT2D eigenvalue weighted by Gasteiger charge is -2.00. The van der Waals surface area contributed by atoms with Crippen molar-refractivity contribution >= 4 is 18.2 Å². The van der Waals surface area contributed by atoms with Crippen LogP contribution >= 0.6 is 0 Å². The molecule has 0 aliphatic rings. The van der Waals surface area contributed by atoms with Crippen LogP contribution in [0.1, 0.15) is 43.8 Å². The predicted octanol–water partition coefficient (Wildman–Crippen LogP) is 0.874. The lowest BCUT2D eigenvalue weighted by Crippen LogP contribution is -2.07. The number of carbonyl (C=O) groups is 3. The summed E-state index contributed by atoms with van der Waals surface area (Å²) in [5, 5.41) is 8.89. The molecule has 0 atom stereocenters. The second kappa shape index (κ2) is 4.61. The second-order valence-electron chi connectivity index (χ2n) is 3.04. The van der Waals surface area contributed by atoms with Gasteiger partial charge < -0.3 is 14.8 Å². The van der Waals surface area contributed by atoms with Gasteiger partial charge in [0.25, 0.3) is 0 Å². The van der Waals surface area contributed by atoms with Crippen LogP contribution in [0.25, 0.3) is 0 Å². The third-order valence-corrected chi connectivity index (χ3v) is 2.21. The van der Waals surface area contributed by atoms with Gasteiger partial charge in [0.1, 0.15) is 5.69 Å². The highest BCUT2D eigenvalue weighted by molar-refractivity contribution is 6.03. The third kappa shape index (κ3) is 1.81. The van der Waals surface area contributed by atoms with Crippen molar-refractivity contribution in [3.05, 3.63) is 22.5 Å². The van der Waals surface area contributed by atoms with Gasteiger partial charge in [-0.15, -0.1) is 0 Å². The zero-order valence-corrected chi connectivity index (χ0v) is 8.86. The van der Waals surface area contributed by atoms with Gasteiger partial charge in [-0.25, -0.2) is 9.59 Å². The number of aromatic carboxylic acids is 1. The zero-order valence-electron chi connectivity index (χ0n) is 8.86. The molecule has 0 saturated carbocycles. The summed E-state index contributed by atoms with van der Waals surface area (Å²) in [6.45, 7) is 1.69. The lowest BCUT2D eigenvalue weighted by atomic mass is 10.1. The van der Waals surface area contributed by atoms with E-state index in [2.05, 4.69) is 9.72 Å². The maximum absolute atomic E-state index is 11.4. The van der Waals surface area contributed by atoms with E-state index in [0.717, 1.165) is 0 Å². The van der Waals surface area contributed by atoms with Crippen molar-refractivity contribution in [2.24, 2.45) is 0 Å². The van der Waals surface area contributed by atoms with Crippen molar-refractivity contribution in [1.29, 1.82) is 0 Å². The standard InChI is InChI=1S/C10H11NO5/c1-3-5-7(10(15)16-2)6(4-12)11-8(5)9(13)14/h4,11H,3H2,1-2H3,(H,13,14).